The Hall–Kier alpha value is -2.96. The molecule has 156 valence electrons. The van der Waals surface area contributed by atoms with Crippen molar-refractivity contribution in [2.24, 2.45) is 0 Å². The molecule has 2 amide bonds. The number of amides is 2. The molecule has 2 saturated heterocycles. The van der Waals surface area contributed by atoms with Gasteiger partial charge in [-0.2, -0.15) is 0 Å². The fourth-order valence-corrected chi connectivity index (χ4v) is 4.06. The lowest BCUT2D eigenvalue weighted by molar-refractivity contribution is -0.123. The number of hydrogen-bond donors (Lipinski definition) is 0. The highest BCUT2D eigenvalue weighted by Crippen LogP contribution is 2.27. The van der Waals surface area contributed by atoms with Crippen LogP contribution in [0.25, 0.3) is 6.08 Å². The maximum atomic E-state index is 13.0. The summed E-state index contributed by atoms with van der Waals surface area (Å²) in [5, 5.41) is 0. The Labute approximate surface area is 177 Å². The summed E-state index contributed by atoms with van der Waals surface area (Å²) in [5.41, 5.74) is 1.81. The number of anilines is 1. The smallest absolute Gasteiger partial charge is 0.251 e. The van der Waals surface area contributed by atoms with Crippen molar-refractivity contribution in [1.29, 1.82) is 0 Å². The standard InChI is InChI=1S/C24H27N3O3/c1-30-21-11-9-20(10-12-21)27-23(28)18-22(24(27)29)26-16-14-25(15-17-26)13-5-8-19-6-3-2-4-7-19/h2-12,22H,13-18H2,1H3/b8-5-. The number of nitrogens with zero attached hydrogens (tertiary/aromatic N) is 3. The largest absolute Gasteiger partial charge is 0.497 e. The third-order valence-corrected chi connectivity index (χ3v) is 5.77. The zero-order valence-electron chi connectivity index (χ0n) is 17.2. The first-order chi connectivity index (χ1) is 14.7. The van der Waals surface area contributed by atoms with Crippen LogP contribution >= 0.6 is 0 Å². The van der Waals surface area contributed by atoms with Crippen molar-refractivity contribution in [3.63, 3.8) is 0 Å². The number of piperazine rings is 1. The molecule has 2 fully saturated rings. The second-order valence-corrected chi connectivity index (χ2v) is 7.63. The van der Waals surface area contributed by atoms with E-state index in [4.69, 9.17) is 4.74 Å². The number of rotatable bonds is 6. The maximum Gasteiger partial charge on any atom is 0.251 e. The summed E-state index contributed by atoms with van der Waals surface area (Å²) in [6.45, 7) is 4.25. The Morgan fingerprint density at radius 2 is 1.67 bits per heavy atom. The number of benzene rings is 2. The zero-order valence-corrected chi connectivity index (χ0v) is 17.2. The van der Waals surface area contributed by atoms with E-state index in [-0.39, 0.29) is 24.3 Å². The molecule has 0 spiro atoms. The Morgan fingerprint density at radius 3 is 2.33 bits per heavy atom. The number of carbonyl (C=O) groups excluding carboxylic acids is 2. The Balaban J connectivity index is 1.31. The molecule has 2 heterocycles. The van der Waals surface area contributed by atoms with Gasteiger partial charge >= 0.3 is 0 Å². The van der Waals surface area contributed by atoms with Gasteiger partial charge in [-0.1, -0.05) is 42.5 Å². The van der Waals surface area contributed by atoms with Crippen LogP contribution < -0.4 is 9.64 Å². The molecule has 30 heavy (non-hydrogen) atoms. The minimum Gasteiger partial charge on any atom is -0.497 e. The average molecular weight is 405 g/mol. The predicted octanol–water partition coefficient (Wildman–Crippen LogP) is 2.66. The predicted molar refractivity (Wildman–Crippen MR) is 117 cm³/mol. The van der Waals surface area contributed by atoms with Gasteiger partial charge in [0, 0.05) is 32.7 Å². The molecule has 2 aromatic carbocycles. The molecular weight excluding hydrogens is 378 g/mol. The molecule has 1 atom stereocenters. The van der Waals surface area contributed by atoms with Gasteiger partial charge in [0.05, 0.1) is 25.3 Å². The van der Waals surface area contributed by atoms with Crippen LogP contribution in [0.3, 0.4) is 0 Å². The Morgan fingerprint density at radius 1 is 0.967 bits per heavy atom. The SMILES string of the molecule is COc1ccc(N2C(=O)CC(N3CCN(C/C=C\c4ccccc4)CC3)C2=O)cc1. The van der Waals surface area contributed by atoms with Crippen molar-refractivity contribution in [2.45, 2.75) is 12.5 Å². The number of carbonyl (C=O) groups is 2. The molecule has 0 aliphatic carbocycles. The first-order valence-corrected chi connectivity index (χ1v) is 10.3. The second kappa shape index (κ2) is 9.24. The summed E-state index contributed by atoms with van der Waals surface area (Å²) in [5.74, 6) is 0.442. The van der Waals surface area contributed by atoms with Gasteiger partial charge in [-0.3, -0.25) is 19.4 Å². The minimum atomic E-state index is -0.360. The molecule has 0 N–H and O–H groups in total. The van der Waals surface area contributed by atoms with E-state index in [0.29, 0.717) is 11.4 Å². The van der Waals surface area contributed by atoms with Gasteiger partial charge in [-0.05, 0) is 29.8 Å². The highest BCUT2D eigenvalue weighted by Gasteiger charge is 2.43. The first kappa shape index (κ1) is 20.3. The molecule has 0 saturated carbocycles. The van der Waals surface area contributed by atoms with Crippen LogP contribution in [-0.4, -0.2) is 67.5 Å². The van der Waals surface area contributed by atoms with Crippen LogP contribution in [0, 0.1) is 0 Å². The summed E-state index contributed by atoms with van der Waals surface area (Å²) in [6, 6.07) is 17.0. The van der Waals surface area contributed by atoms with Gasteiger partial charge in [0.1, 0.15) is 5.75 Å². The van der Waals surface area contributed by atoms with Gasteiger partial charge in [0.2, 0.25) is 5.91 Å². The van der Waals surface area contributed by atoms with Gasteiger partial charge in [-0.15, -0.1) is 0 Å². The van der Waals surface area contributed by atoms with E-state index < -0.39 is 0 Å². The number of methoxy groups -OCH3 is 1. The van der Waals surface area contributed by atoms with Crippen molar-refractivity contribution in [1.82, 2.24) is 9.80 Å². The van der Waals surface area contributed by atoms with Crippen molar-refractivity contribution >= 4 is 23.6 Å². The lowest BCUT2D eigenvalue weighted by atomic mass is 10.1. The van der Waals surface area contributed by atoms with E-state index in [1.807, 2.05) is 18.2 Å². The van der Waals surface area contributed by atoms with Crippen molar-refractivity contribution in [3.05, 3.63) is 66.2 Å². The maximum absolute atomic E-state index is 13.0. The van der Waals surface area contributed by atoms with Gasteiger partial charge in [0.25, 0.3) is 5.91 Å². The van der Waals surface area contributed by atoms with Crippen LogP contribution in [0.1, 0.15) is 12.0 Å². The van der Waals surface area contributed by atoms with Crippen LogP contribution in [0.2, 0.25) is 0 Å². The Bertz CT molecular complexity index is 903. The van der Waals surface area contributed by atoms with Crippen LogP contribution in [0.4, 0.5) is 5.69 Å². The summed E-state index contributed by atoms with van der Waals surface area (Å²) in [7, 11) is 1.59. The highest BCUT2D eigenvalue weighted by atomic mass is 16.5. The molecule has 2 aliphatic heterocycles. The molecule has 0 aromatic heterocycles. The summed E-state index contributed by atoms with van der Waals surface area (Å²) < 4.78 is 5.16. The van der Waals surface area contributed by atoms with Gasteiger partial charge in [0.15, 0.2) is 0 Å². The lowest BCUT2D eigenvalue weighted by Crippen LogP contribution is -2.52. The summed E-state index contributed by atoms with van der Waals surface area (Å²) in [6.07, 6.45) is 4.57. The summed E-state index contributed by atoms with van der Waals surface area (Å²) >= 11 is 0. The molecule has 4 rings (SSSR count). The number of ether oxygens (including phenoxy) is 1. The molecule has 6 heteroatoms. The summed E-state index contributed by atoms with van der Waals surface area (Å²) in [4.78, 5) is 31.4. The lowest BCUT2D eigenvalue weighted by Gasteiger charge is -2.36. The highest BCUT2D eigenvalue weighted by molar-refractivity contribution is 6.22. The third kappa shape index (κ3) is 4.45. The van der Waals surface area contributed by atoms with E-state index in [1.54, 1.807) is 31.4 Å². The van der Waals surface area contributed by atoms with Crippen LogP contribution in [0.5, 0.6) is 5.75 Å². The van der Waals surface area contributed by atoms with E-state index >= 15 is 0 Å². The molecule has 0 bridgehead atoms. The number of hydrogen-bond acceptors (Lipinski definition) is 5. The topological polar surface area (TPSA) is 53.1 Å². The zero-order chi connectivity index (χ0) is 20.9. The molecule has 0 radical (unpaired) electrons. The van der Waals surface area contributed by atoms with Gasteiger partial charge < -0.3 is 4.74 Å². The number of imide groups is 1. The second-order valence-electron chi connectivity index (χ2n) is 7.63. The van der Waals surface area contributed by atoms with Crippen molar-refractivity contribution in [2.75, 3.05) is 44.7 Å². The first-order valence-electron chi connectivity index (χ1n) is 10.3. The van der Waals surface area contributed by atoms with Crippen molar-refractivity contribution < 1.29 is 14.3 Å². The molecule has 2 aromatic rings. The average Bonchev–Trinajstić information content (AvgIpc) is 3.09. The molecule has 6 nitrogen and oxygen atoms in total. The van der Waals surface area contributed by atoms with E-state index in [0.717, 1.165) is 32.7 Å². The quantitative estimate of drug-likeness (QED) is 0.692. The van der Waals surface area contributed by atoms with E-state index in [9.17, 15) is 9.59 Å². The molecular formula is C24H27N3O3. The fourth-order valence-electron chi connectivity index (χ4n) is 4.06. The van der Waals surface area contributed by atoms with Crippen LogP contribution in [0.15, 0.2) is 60.7 Å². The van der Waals surface area contributed by atoms with E-state index in [1.165, 1.54) is 10.5 Å². The Kier molecular flexibility index (Phi) is 6.26. The fraction of sp³-hybridized carbons (Fsp3) is 0.333. The molecule has 2 aliphatic rings. The monoisotopic (exact) mass is 405 g/mol. The minimum absolute atomic E-state index is 0.123. The third-order valence-electron chi connectivity index (χ3n) is 5.77. The van der Waals surface area contributed by atoms with Crippen LogP contribution in [-0.2, 0) is 9.59 Å². The van der Waals surface area contributed by atoms with Crippen molar-refractivity contribution in [3.8, 4) is 5.75 Å². The molecule has 1 unspecified atom stereocenters. The van der Waals surface area contributed by atoms with Gasteiger partial charge in [-0.25, -0.2) is 4.90 Å². The normalized spacial score (nSPS) is 21.0. The van der Waals surface area contributed by atoms with E-state index in [2.05, 4.69) is 34.1 Å².